The molecular formula is C29H26N4O4S2. The van der Waals surface area contributed by atoms with Crippen LogP contribution in [0.25, 0.3) is 22.4 Å². The first kappa shape index (κ1) is 25.5. The summed E-state index contributed by atoms with van der Waals surface area (Å²) in [4.78, 5) is 17.2. The van der Waals surface area contributed by atoms with Crippen molar-refractivity contribution in [2.45, 2.75) is 34.6 Å². The van der Waals surface area contributed by atoms with E-state index >= 15 is 0 Å². The highest BCUT2D eigenvalue weighted by atomic mass is 32.2. The molecule has 0 spiro atoms. The van der Waals surface area contributed by atoms with Crippen LogP contribution < -0.4 is 0 Å². The smallest absolute Gasteiger partial charge is 0.277 e. The molecular weight excluding hydrogens is 532 g/mol. The van der Waals surface area contributed by atoms with E-state index in [1.54, 1.807) is 30.5 Å². The second kappa shape index (κ2) is 10.8. The molecule has 1 N–H and O–H groups in total. The Morgan fingerprint density at radius 1 is 0.923 bits per heavy atom. The molecule has 1 saturated heterocycles. The first-order valence-electron chi connectivity index (χ1n) is 12.8. The van der Waals surface area contributed by atoms with Gasteiger partial charge in [0.15, 0.2) is 5.78 Å². The minimum absolute atomic E-state index is 0.0852. The number of aromatic nitrogens is 3. The number of sulfonamides is 1. The van der Waals surface area contributed by atoms with Gasteiger partial charge in [-0.25, -0.2) is 8.42 Å². The van der Waals surface area contributed by atoms with Crippen molar-refractivity contribution < 1.29 is 17.6 Å². The number of carbonyl (C=O) groups excluding carboxylic acids is 1. The van der Waals surface area contributed by atoms with Crippen molar-refractivity contribution in [3.63, 3.8) is 0 Å². The number of ketones is 1. The number of carbonyl (C=O) groups is 1. The Morgan fingerprint density at radius 3 is 2.51 bits per heavy atom. The second-order valence-electron chi connectivity index (χ2n) is 9.39. The van der Waals surface area contributed by atoms with Crippen molar-refractivity contribution in [3.05, 3.63) is 96.2 Å². The predicted octanol–water partition coefficient (Wildman–Crippen LogP) is 6.11. The fourth-order valence-corrected chi connectivity index (χ4v) is 7.34. The van der Waals surface area contributed by atoms with Crippen molar-refractivity contribution in [1.29, 1.82) is 0 Å². The highest BCUT2D eigenvalue weighted by molar-refractivity contribution is 8.00. The quantitative estimate of drug-likeness (QED) is 0.181. The van der Waals surface area contributed by atoms with Gasteiger partial charge in [0.25, 0.3) is 5.22 Å². The summed E-state index contributed by atoms with van der Waals surface area (Å²) in [6.07, 6.45) is 4.50. The van der Waals surface area contributed by atoms with Gasteiger partial charge < -0.3 is 9.40 Å². The number of nitrogens with one attached hydrogen (secondary N) is 1. The second-order valence-corrected chi connectivity index (χ2v) is 12.4. The van der Waals surface area contributed by atoms with Crippen LogP contribution in [-0.4, -0.2) is 46.8 Å². The van der Waals surface area contributed by atoms with Gasteiger partial charge >= 0.3 is 0 Å². The molecule has 1 atom stereocenters. The van der Waals surface area contributed by atoms with E-state index < -0.39 is 15.3 Å². The van der Waals surface area contributed by atoms with Gasteiger partial charge in [-0.2, -0.15) is 4.31 Å². The van der Waals surface area contributed by atoms with Crippen molar-refractivity contribution in [2.24, 2.45) is 0 Å². The topological polar surface area (TPSA) is 109 Å². The molecule has 1 fully saturated rings. The molecule has 0 bridgehead atoms. The minimum atomic E-state index is -3.60. The number of benzene rings is 3. The molecule has 1 unspecified atom stereocenters. The lowest BCUT2D eigenvalue weighted by Crippen LogP contribution is -2.35. The van der Waals surface area contributed by atoms with Crippen LogP contribution >= 0.6 is 11.8 Å². The summed E-state index contributed by atoms with van der Waals surface area (Å²) in [5.41, 5.74) is 2.79. The molecule has 10 heteroatoms. The SMILES string of the molecule is O=C(c1c[nH]c2ccccc12)C(Sc1nnc(-c2cccc(S(=O)(=O)N3CCCCC3)c2)o1)c1ccccc1. The maximum absolute atomic E-state index is 13.8. The van der Waals surface area contributed by atoms with Crippen molar-refractivity contribution in [2.75, 3.05) is 13.1 Å². The van der Waals surface area contributed by atoms with Crippen LogP contribution in [0.3, 0.4) is 0 Å². The van der Waals surface area contributed by atoms with E-state index in [4.69, 9.17) is 4.42 Å². The lowest BCUT2D eigenvalue weighted by molar-refractivity contribution is 0.0990. The molecule has 5 aromatic rings. The summed E-state index contributed by atoms with van der Waals surface area (Å²) >= 11 is 1.17. The Hall–Kier alpha value is -3.73. The number of hydrogen-bond donors (Lipinski definition) is 1. The Kier molecular flexibility index (Phi) is 7.07. The summed E-state index contributed by atoms with van der Waals surface area (Å²) in [5, 5.41) is 8.82. The fourth-order valence-electron chi connectivity index (χ4n) is 4.84. The average Bonchev–Trinajstić information content (AvgIpc) is 3.64. The number of H-pyrrole nitrogens is 1. The van der Waals surface area contributed by atoms with Crippen LogP contribution in [0.5, 0.6) is 0 Å². The van der Waals surface area contributed by atoms with Crippen LogP contribution in [-0.2, 0) is 10.0 Å². The van der Waals surface area contributed by atoms with Gasteiger partial charge in [-0.1, -0.05) is 61.0 Å². The lowest BCUT2D eigenvalue weighted by Gasteiger charge is -2.25. The molecule has 1 aliphatic rings. The summed E-state index contributed by atoms with van der Waals surface area (Å²) in [5.74, 6) is 0.109. The third kappa shape index (κ3) is 5.15. The van der Waals surface area contributed by atoms with Gasteiger partial charge in [0.2, 0.25) is 15.9 Å². The minimum Gasteiger partial charge on any atom is -0.411 e. The predicted molar refractivity (Wildman–Crippen MR) is 150 cm³/mol. The normalized spacial score (nSPS) is 15.4. The zero-order valence-electron chi connectivity index (χ0n) is 21.0. The Labute approximate surface area is 230 Å². The number of hydrogen-bond acceptors (Lipinski definition) is 7. The van der Waals surface area contributed by atoms with Crippen LogP contribution in [0.4, 0.5) is 0 Å². The van der Waals surface area contributed by atoms with Gasteiger partial charge in [0.1, 0.15) is 5.25 Å². The summed E-state index contributed by atoms with van der Waals surface area (Å²) in [6, 6.07) is 23.7. The maximum atomic E-state index is 13.8. The molecule has 39 heavy (non-hydrogen) atoms. The highest BCUT2D eigenvalue weighted by Crippen LogP contribution is 2.39. The number of thioether (sulfide) groups is 1. The van der Waals surface area contributed by atoms with Gasteiger partial charge in [-0.15, -0.1) is 10.2 Å². The standard InChI is InChI=1S/C29H26N4O4S2/c34-26(24-19-30-25-15-6-5-14-23(24)25)27(20-10-3-1-4-11-20)38-29-32-31-28(37-29)21-12-9-13-22(18-21)39(35,36)33-16-7-2-8-17-33/h1,3-6,9-15,18-19,27,30H,2,7-8,16-17H2. The number of fused-ring (bicyclic) bond motifs is 1. The first-order chi connectivity index (χ1) is 19.0. The van der Waals surface area contributed by atoms with E-state index in [1.165, 1.54) is 16.1 Å². The van der Waals surface area contributed by atoms with E-state index in [-0.39, 0.29) is 21.8 Å². The van der Waals surface area contributed by atoms with Crippen LogP contribution in [0.15, 0.2) is 99.6 Å². The van der Waals surface area contributed by atoms with E-state index in [0.29, 0.717) is 24.2 Å². The van der Waals surface area contributed by atoms with Gasteiger partial charge in [-0.05, 0) is 54.4 Å². The zero-order chi connectivity index (χ0) is 26.8. The molecule has 6 rings (SSSR count). The Morgan fingerprint density at radius 2 is 1.69 bits per heavy atom. The summed E-state index contributed by atoms with van der Waals surface area (Å²) in [6.45, 7) is 1.05. The van der Waals surface area contributed by atoms with Gasteiger partial charge in [0.05, 0.1) is 4.90 Å². The maximum Gasteiger partial charge on any atom is 0.277 e. The molecule has 0 saturated carbocycles. The monoisotopic (exact) mass is 558 g/mol. The molecule has 0 aliphatic carbocycles. The molecule has 2 aromatic heterocycles. The highest BCUT2D eigenvalue weighted by Gasteiger charge is 2.29. The molecule has 0 amide bonds. The molecule has 198 valence electrons. The number of aromatic amines is 1. The molecule has 0 radical (unpaired) electrons. The average molecular weight is 559 g/mol. The lowest BCUT2D eigenvalue weighted by atomic mass is 10.0. The molecule has 1 aliphatic heterocycles. The Balaban J connectivity index is 1.29. The van der Waals surface area contributed by atoms with Gasteiger partial charge in [-0.3, -0.25) is 4.79 Å². The number of rotatable bonds is 8. The van der Waals surface area contributed by atoms with E-state index in [2.05, 4.69) is 15.2 Å². The fraction of sp³-hybridized carbons (Fsp3) is 0.207. The summed E-state index contributed by atoms with van der Waals surface area (Å²) in [7, 11) is -3.60. The number of piperidine rings is 1. The van der Waals surface area contributed by atoms with E-state index in [1.807, 2.05) is 54.6 Å². The first-order valence-corrected chi connectivity index (χ1v) is 15.1. The number of nitrogens with zero attached hydrogens (tertiary/aromatic N) is 3. The van der Waals surface area contributed by atoms with Crippen molar-refractivity contribution in [3.8, 4) is 11.5 Å². The Bertz CT molecular complexity index is 1720. The van der Waals surface area contributed by atoms with E-state index in [9.17, 15) is 13.2 Å². The summed E-state index contributed by atoms with van der Waals surface area (Å²) < 4.78 is 33.8. The molecule has 3 heterocycles. The third-order valence-corrected chi connectivity index (χ3v) is 9.84. The van der Waals surface area contributed by atoms with Crippen LogP contribution in [0.1, 0.15) is 40.4 Å². The van der Waals surface area contributed by atoms with Crippen molar-refractivity contribution in [1.82, 2.24) is 19.5 Å². The third-order valence-electron chi connectivity index (χ3n) is 6.85. The molecule has 8 nitrogen and oxygen atoms in total. The van der Waals surface area contributed by atoms with E-state index in [0.717, 1.165) is 35.7 Å². The largest absolute Gasteiger partial charge is 0.411 e. The number of Topliss-reactive ketones (excluding diaryl/α,β-unsaturated/α-hetero) is 1. The zero-order valence-corrected chi connectivity index (χ0v) is 22.6. The molecule has 3 aromatic carbocycles. The van der Waals surface area contributed by atoms with Crippen LogP contribution in [0.2, 0.25) is 0 Å². The van der Waals surface area contributed by atoms with Crippen LogP contribution in [0, 0.1) is 0 Å². The van der Waals surface area contributed by atoms with Crippen molar-refractivity contribution >= 4 is 38.5 Å². The number of para-hydroxylation sites is 1. The van der Waals surface area contributed by atoms with Gasteiger partial charge in [0, 0.05) is 41.3 Å².